The van der Waals surface area contributed by atoms with Gasteiger partial charge < -0.3 is 24.8 Å². The van der Waals surface area contributed by atoms with E-state index in [9.17, 15) is 14.7 Å². The van der Waals surface area contributed by atoms with E-state index in [4.69, 9.17) is 9.47 Å². The van der Waals surface area contributed by atoms with Crippen LogP contribution in [0.5, 0.6) is 11.5 Å². The molecule has 0 fully saturated rings. The van der Waals surface area contributed by atoms with E-state index in [1.807, 2.05) is 0 Å². The molecular weight excluding hydrogens is 300 g/mol. The molecule has 7 heteroatoms. The number of esters is 1. The number of amides is 2. The predicted octanol–water partition coefficient (Wildman–Crippen LogP) is 1.93. The van der Waals surface area contributed by atoms with Gasteiger partial charge in [-0.25, -0.2) is 9.59 Å². The summed E-state index contributed by atoms with van der Waals surface area (Å²) in [6.07, 6.45) is 0. The summed E-state index contributed by atoms with van der Waals surface area (Å²) in [7, 11) is 3.01. The highest BCUT2D eigenvalue weighted by Crippen LogP contribution is 2.35. The number of hydrogen-bond acceptors (Lipinski definition) is 5. The highest BCUT2D eigenvalue weighted by atomic mass is 16.5. The smallest absolute Gasteiger partial charge is 0.338 e. The summed E-state index contributed by atoms with van der Waals surface area (Å²) >= 11 is 0. The second kappa shape index (κ2) is 6.60. The van der Waals surface area contributed by atoms with E-state index in [0.29, 0.717) is 16.8 Å². The molecule has 0 saturated carbocycles. The molecule has 0 spiro atoms. The van der Waals surface area contributed by atoms with Crippen LogP contribution < -0.4 is 10.1 Å². The van der Waals surface area contributed by atoms with Gasteiger partial charge in [0, 0.05) is 12.7 Å². The van der Waals surface area contributed by atoms with Crippen LogP contribution in [-0.4, -0.2) is 42.8 Å². The first-order chi connectivity index (χ1) is 10.9. The Labute approximate surface area is 134 Å². The van der Waals surface area contributed by atoms with Gasteiger partial charge in [-0.15, -0.1) is 0 Å². The molecule has 0 bridgehead atoms. The van der Waals surface area contributed by atoms with Crippen molar-refractivity contribution >= 4 is 12.0 Å². The highest BCUT2D eigenvalue weighted by molar-refractivity contribution is 5.95. The molecule has 0 saturated heterocycles. The summed E-state index contributed by atoms with van der Waals surface area (Å²) in [6.45, 7) is 3.64. The number of ether oxygens (including phenoxy) is 2. The third kappa shape index (κ3) is 3.08. The van der Waals surface area contributed by atoms with Crippen LogP contribution >= 0.6 is 0 Å². The lowest BCUT2D eigenvalue weighted by molar-refractivity contribution is -0.139. The maximum Gasteiger partial charge on any atom is 0.338 e. The second-order valence-electron chi connectivity index (χ2n) is 5.09. The molecule has 1 aromatic rings. The Hall–Kier alpha value is -2.70. The molecule has 23 heavy (non-hydrogen) atoms. The van der Waals surface area contributed by atoms with Gasteiger partial charge >= 0.3 is 12.0 Å². The fourth-order valence-corrected chi connectivity index (χ4v) is 2.43. The molecule has 124 valence electrons. The highest BCUT2D eigenvalue weighted by Gasteiger charge is 2.35. The maximum absolute atomic E-state index is 12.3. The number of nitrogens with zero attached hydrogens (tertiary/aromatic N) is 1. The zero-order valence-electron chi connectivity index (χ0n) is 13.5. The van der Waals surface area contributed by atoms with Crippen LogP contribution in [0.4, 0.5) is 4.79 Å². The molecule has 2 rings (SSSR count). The van der Waals surface area contributed by atoms with Crippen molar-refractivity contribution in [3.63, 3.8) is 0 Å². The van der Waals surface area contributed by atoms with E-state index in [1.54, 1.807) is 33.0 Å². The monoisotopic (exact) mass is 320 g/mol. The second-order valence-corrected chi connectivity index (χ2v) is 5.09. The molecule has 0 aromatic heterocycles. The third-order valence-corrected chi connectivity index (χ3v) is 3.79. The van der Waals surface area contributed by atoms with Crippen LogP contribution in [0.1, 0.15) is 25.5 Å². The molecule has 1 aromatic carbocycles. The van der Waals surface area contributed by atoms with E-state index >= 15 is 0 Å². The summed E-state index contributed by atoms with van der Waals surface area (Å²) in [5, 5.41) is 12.5. The van der Waals surface area contributed by atoms with Crippen LogP contribution in [0.3, 0.4) is 0 Å². The fourth-order valence-electron chi connectivity index (χ4n) is 2.43. The number of nitrogens with one attached hydrogen (secondary N) is 1. The number of methoxy groups -OCH3 is 1. The normalized spacial score (nSPS) is 17.8. The van der Waals surface area contributed by atoms with Crippen LogP contribution in [0.2, 0.25) is 0 Å². The van der Waals surface area contributed by atoms with Crippen LogP contribution in [0.25, 0.3) is 0 Å². The molecule has 0 aliphatic carbocycles. The van der Waals surface area contributed by atoms with E-state index in [-0.39, 0.29) is 24.1 Å². The predicted molar refractivity (Wildman–Crippen MR) is 83.0 cm³/mol. The number of benzene rings is 1. The lowest BCUT2D eigenvalue weighted by atomic mass is 9.94. The summed E-state index contributed by atoms with van der Waals surface area (Å²) in [5.74, 6) is -0.251. The van der Waals surface area contributed by atoms with Crippen molar-refractivity contribution in [2.45, 2.75) is 19.9 Å². The zero-order chi connectivity index (χ0) is 17.1. The van der Waals surface area contributed by atoms with Gasteiger partial charge in [-0.1, -0.05) is 6.07 Å². The number of phenolic OH excluding ortho intramolecular Hbond substituents is 1. The van der Waals surface area contributed by atoms with Crippen LogP contribution in [0.15, 0.2) is 29.5 Å². The molecule has 2 N–H and O–H groups in total. The quantitative estimate of drug-likeness (QED) is 0.828. The van der Waals surface area contributed by atoms with Crippen LogP contribution in [-0.2, 0) is 9.53 Å². The minimum atomic E-state index is -0.674. The number of rotatable bonds is 4. The van der Waals surface area contributed by atoms with Gasteiger partial charge in [0.1, 0.15) is 0 Å². The Morgan fingerprint density at radius 1 is 1.43 bits per heavy atom. The minimum absolute atomic E-state index is 0.0195. The molecular formula is C16H20N2O5. The van der Waals surface area contributed by atoms with Gasteiger partial charge in [0.15, 0.2) is 11.5 Å². The zero-order valence-corrected chi connectivity index (χ0v) is 13.5. The molecule has 1 heterocycles. The molecule has 7 nitrogen and oxygen atoms in total. The van der Waals surface area contributed by atoms with Crippen LogP contribution in [0, 0.1) is 0 Å². The molecule has 1 atom stereocenters. The Morgan fingerprint density at radius 2 is 2.13 bits per heavy atom. The van der Waals surface area contributed by atoms with Gasteiger partial charge in [0.2, 0.25) is 0 Å². The van der Waals surface area contributed by atoms with E-state index in [2.05, 4.69) is 5.32 Å². The number of allylic oxidation sites excluding steroid dienone is 1. The number of carbonyl (C=O) groups is 2. The molecule has 1 aliphatic rings. The first-order valence-corrected chi connectivity index (χ1v) is 7.19. The standard InChI is InChI=1S/C16H20N2O5/c1-5-23-15(20)13-9(2)18(3)16(21)17-14(13)10-6-7-11(19)12(8-10)22-4/h6-8,14,19H,5H2,1-4H3,(H,17,21). The van der Waals surface area contributed by atoms with Gasteiger partial charge in [-0.3, -0.25) is 0 Å². The lowest BCUT2D eigenvalue weighted by Crippen LogP contribution is -2.46. The molecule has 0 radical (unpaired) electrons. The number of phenols is 1. The fraction of sp³-hybridized carbons (Fsp3) is 0.375. The van der Waals surface area contributed by atoms with Crippen molar-refractivity contribution in [3.8, 4) is 11.5 Å². The SMILES string of the molecule is CCOC(=O)C1=C(C)N(C)C(=O)NC1c1ccc(O)c(OC)c1. The van der Waals surface area contributed by atoms with Crippen molar-refractivity contribution in [3.05, 3.63) is 35.0 Å². The molecule has 1 aliphatic heterocycles. The lowest BCUT2D eigenvalue weighted by Gasteiger charge is -2.33. The topological polar surface area (TPSA) is 88.1 Å². The first-order valence-electron chi connectivity index (χ1n) is 7.19. The summed E-state index contributed by atoms with van der Waals surface area (Å²) in [6, 6.07) is 3.66. The summed E-state index contributed by atoms with van der Waals surface area (Å²) in [4.78, 5) is 25.8. The van der Waals surface area contributed by atoms with Crippen molar-refractivity contribution in [2.75, 3.05) is 20.8 Å². The third-order valence-electron chi connectivity index (χ3n) is 3.79. The van der Waals surface area contributed by atoms with Gasteiger partial charge in [-0.05, 0) is 31.5 Å². The number of aromatic hydroxyl groups is 1. The maximum atomic E-state index is 12.3. The molecule has 1 unspecified atom stereocenters. The minimum Gasteiger partial charge on any atom is -0.504 e. The average molecular weight is 320 g/mol. The molecule has 2 amide bonds. The summed E-state index contributed by atoms with van der Waals surface area (Å²) in [5.41, 5.74) is 1.48. The van der Waals surface area contributed by atoms with Gasteiger partial charge in [-0.2, -0.15) is 0 Å². The van der Waals surface area contributed by atoms with Gasteiger partial charge in [0.25, 0.3) is 0 Å². The number of hydrogen-bond donors (Lipinski definition) is 2. The number of urea groups is 1. The van der Waals surface area contributed by atoms with E-state index < -0.39 is 12.0 Å². The van der Waals surface area contributed by atoms with Crippen molar-refractivity contribution in [1.29, 1.82) is 0 Å². The Balaban J connectivity index is 2.53. The summed E-state index contributed by atoms with van der Waals surface area (Å²) < 4.78 is 10.2. The van der Waals surface area contributed by atoms with E-state index in [0.717, 1.165) is 0 Å². The van der Waals surface area contributed by atoms with E-state index in [1.165, 1.54) is 18.1 Å². The van der Waals surface area contributed by atoms with Gasteiger partial charge in [0.05, 0.1) is 25.3 Å². The average Bonchev–Trinajstić information content (AvgIpc) is 2.53. The Kier molecular flexibility index (Phi) is 4.78. The Bertz CT molecular complexity index is 668. The first kappa shape index (κ1) is 16.7. The van der Waals surface area contributed by atoms with Crippen molar-refractivity contribution in [1.82, 2.24) is 10.2 Å². The van der Waals surface area contributed by atoms with Crippen molar-refractivity contribution in [2.24, 2.45) is 0 Å². The van der Waals surface area contributed by atoms with Crippen molar-refractivity contribution < 1.29 is 24.2 Å². The largest absolute Gasteiger partial charge is 0.504 e. The number of carbonyl (C=O) groups excluding carboxylic acids is 2. The Morgan fingerprint density at radius 3 is 2.74 bits per heavy atom.